The van der Waals surface area contributed by atoms with Gasteiger partial charge < -0.3 is 9.64 Å². The lowest BCUT2D eigenvalue weighted by molar-refractivity contribution is 0.0779. The molecule has 0 fully saturated rings. The molecular formula is C19H18N2O2. The summed E-state index contributed by atoms with van der Waals surface area (Å²) in [6.45, 7) is 0.539. The van der Waals surface area contributed by atoms with E-state index in [4.69, 9.17) is 4.74 Å². The van der Waals surface area contributed by atoms with Crippen LogP contribution in [0.1, 0.15) is 16.1 Å². The molecule has 0 unspecified atom stereocenters. The highest BCUT2D eigenvalue weighted by molar-refractivity contribution is 5.92. The van der Waals surface area contributed by atoms with Crippen molar-refractivity contribution in [1.82, 2.24) is 9.88 Å². The summed E-state index contributed by atoms with van der Waals surface area (Å²) in [5.41, 5.74) is 1.54. The quantitative estimate of drug-likeness (QED) is 0.740. The van der Waals surface area contributed by atoms with E-state index in [9.17, 15) is 4.79 Å². The second kappa shape index (κ2) is 6.48. The molecule has 0 aliphatic rings. The van der Waals surface area contributed by atoms with Gasteiger partial charge >= 0.3 is 0 Å². The molecule has 0 aliphatic heterocycles. The maximum Gasteiger partial charge on any atom is 0.272 e. The topological polar surface area (TPSA) is 42.4 Å². The van der Waals surface area contributed by atoms with Crippen molar-refractivity contribution in [2.45, 2.75) is 6.54 Å². The van der Waals surface area contributed by atoms with Crippen LogP contribution in [0.5, 0.6) is 5.75 Å². The highest BCUT2D eigenvalue weighted by atomic mass is 16.5. The Morgan fingerprint density at radius 3 is 2.61 bits per heavy atom. The lowest BCUT2D eigenvalue weighted by atomic mass is 10.1. The first-order valence-electron chi connectivity index (χ1n) is 7.40. The maximum atomic E-state index is 12.3. The molecule has 0 spiro atoms. The van der Waals surface area contributed by atoms with E-state index in [0.29, 0.717) is 12.2 Å². The zero-order valence-corrected chi connectivity index (χ0v) is 13.2. The van der Waals surface area contributed by atoms with Crippen molar-refractivity contribution in [1.29, 1.82) is 0 Å². The molecular weight excluding hydrogens is 288 g/mol. The van der Waals surface area contributed by atoms with Gasteiger partial charge in [-0.2, -0.15) is 0 Å². The van der Waals surface area contributed by atoms with Crippen LogP contribution in [0.4, 0.5) is 0 Å². The van der Waals surface area contributed by atoms with Gasteiger partial charge in [0, 0.05) is 19.8 Å². The monoisotopic (exact) mass is 306 g/mol. The number of ether oxygens (including phenoxy) is 1. The minimum absolute atomic E-state index is 0.0829. The number of fused-ring (bicyclic) bond motifs is 1. The van der Waals surface area contributed by atoms with E-state index in [1.54, 1.807) is 37.4 Å². The average Bonchev–Trinajstić information content (AvgIpc) is 2.61. The maximum absolute atomic E-state index is 12.3. The fourth-order valence-corrected chi connectivity index (χ4v) is 2.53. The van der Waals surface area contributed by atoms with Crippen molar-refractivity contribution in [2.75, 3.05) is 14.2 Å². The van der Waals surface area contributed by atoms with Crippen LogP contribution in [0.15, 0.2) is 60.8 Å². The van der Waals surface area contributed by atoms with Crippen molar-refractivity contribution in [3.8, 4) is 5.75 Å². The number of carbonyl (C=O) groups is 1. The Bertz CT molecular complexity index is 831. The Balaban J connectivity index is 1.79. The molecule has 3 rings (SSSR count). The van der Waals surface area contributed by atoms with E-state index in [0.717, 1.165) is 22.1 Å². The van der Waals surface area contributed by atoms with Crippen molar-refractivity contribution < 1.29 is 9.53 Å². The predicted octanol–water partition coefficient (Wildman–Crippen LogP) is 3.52. The van der Waals surface area contributed by atoms with E-state index in [-0.39, 0.29) is 5.91 Å². The number of nitrogens with zero attached hydrogens (tertiary/aromatic N) is 2. The van der Waals surface area contributed by atoms with E-state index >= 15 is 0 Å². The third-order valence-corrected chi connectivity index (χ3v) is 3.76. The number of hydrogen-bond donors (Lipinski definition) is 0. The molecule has 0 atom stereocenters. The fraction of sp³-hybridized carbons (Fsp3) is 0.158. The summed E-state index contributed by atoms with van der Waals surface area (Å²) in [4.78, 5) is 18.1. The first-order chi connectivity index (χ1) is 11.2. The summed E-state index contributed by atoms with van der Waals surface area (Å²) in [7, 11) is 3.45. The largest absolute Gasteiger partial charge is 0.497 e. The second-order valence-corrected chi connectivity index (χ2v) is 5.42. The van der Waals surface area contributed by atoms with Crippen LogP contribution >= 0.6 is 0 Å². The SMILES string of the molecule is COc1ccc2cc(CN(C)C(=O)c3ccccn3)ccc2c1. The lowest BCUT2D eigenvalue weighted by Crippen LogP contribution is -2.26. The summed E-state index contributed by atoms with van der Waals surface area (Å²) in [6.07, 6.45) is 1.63. The van der Waals surface area contributed by atoms with Gasteiger partial charge in [-0.05, 0) is 46.7 Å². The van der Waals surface area contributed by atoms with Crippen molar-refractivity contribution in [3.63, 3.8) is 0 Å². The van der Waals surface area contributed by atoms with E-state index in [2.05, 4.69) is 11.1 Å². The van der Waals surface area contributed by atoms with Gasteiger partial charge in [-0.15, -0.1) is 0 Å². The fourth-order valence-electron chi connectivity index (χ4n) is 2.53. The minimum Gasteiger partial charge on any atom is -0.497 e. The predicted molar refractivity (Wildman–Crippen MR) is 90.5 cm³/mol. The van der Waals surface area contributed by atoms with Crippen LogP contribution < -0.4 is 4.74 Å². The molecule has 0 radical (unpaired) electrons. The van der Waals surface area contributed by atoms with Crippen LogP contribution in [0, 0.1) is 0 Å². The van der Waals surface area contributed by atoms with Gasteiger partial charge in [0.25, 0.3) is 5.91 Å². The van der Waals surface area contributed by atoms with Gasteiger partial charge in [-0.1, -0.05) is 24.3 Å². The van der Waals surface area contributed by atoms with Crippen LogP contribution in [0.3, 0.4) is 0 Å². The molecule has 116 valence electrons. The van der Waals surface area contributed by atoms with E-state index in [1.165, 1.54) is 0 Å². The molecule has 0 saturated heterocycles. The Morgan fingerprint density at radius 2 is 1.87 bits per heavy atom. The van der Waals surface area contributed by atoms with Gasteiger partial charge in [0.1, 0.15) is 11.4 Å². The van der Waals surface area contributed by atoms with Gasteiger partial charge in [0.2, 0.25) is 0 Å². The smallest absolute Gasteiger partial charge is 0.272 e. The second-order valence-electron chi connectivity index (χ2n) is 5.42. The standard InChI is InChI=1S/C19H18N2O2/c1-21(19(22)18-5-3-4-10-20-18)13-14-6-7-16-12-17(23-2)9-8-15(16)11-14/h3-12H,13H2,1-2H3. The van der Waals surface area contributed by atoms with Crippen LogP contribution in [0.25, 0.3) is 10.8 Å². The Labute approximate surface area is 135 Å². The number of rotatable bonds is 4. The summed E-state index contributed by atoms with van der Waals surface area (Å²) in [5, 5.41) is 2.24. The number of hydrogen-bond acceptors (Lipinski definition) is 3. The molecule has 23 heavy (non-hydrogen) atoms. The molecule has 1 amide bonds. The lowest BCUT2D eigenvalue weighted by Gasteiger charge is -2.17. The number of amides is 1. The number of methoxy groups -OCH3 is 1. The molecule has 4 heteroatoms. The highest BCUT2D eigenvalue weighted by Crippen LogP contribution is 2.22. The summed E-state index contributed by atoms with van der Waals surface area (Å²) >= 11 is 0. The Kier molecular flexibility index (Phi) is 4.24. The number of carbonyl (C=O) groups excluding carboxylic acids is 1. The molecule has 0 aliphatic carbocycles. The normalized spacial score (nSPS) is 10.5. The molecule has 3 aromatic rings. The van der Waals surface area contributed by atoms with Crippen LogP contribution in [-0.2, 0) is 6.54 Å². The summed E-state index contributed by atoms with van der Waals surface area (Å²) < 4.78 is 5.24. The third-order valence-electron chi connectivity index (χ3n) is 3.76. The highest BCUT2D eigenvalue weighted by Gasteiger charge is 2.13. The molecule has 1 aromatic heterocycles. The van der Waals surface area contributed by atoms with Gasteiger partial charge in [0.15, 0.2) is 0 Å². The van der Waals surface area contributed by atoms with Crippen molar-refractivity contribution in [2.24, 2.45) is 0 Å². The van der Waals surface area contributed by atoms with Crippen molar-refractivity contribution >= 4 is 16.7 Å². The first-order valence-corrected chi connectivity index (χ1v) is 7.40. The third kappa shape index (κ3) is 3.31. The number of aromatic nitrogens is 1. The van der Waals surface area contributed by atoms with E-state index in [1.807, 2.05) is 36.4 Å². The van der Waals surface area contributed by atoms with Gasteiger partial charge in [-0.25, -0.2) is 0 Å². The Morgan fingerprint density at radius 1 is 1.09 bits per heavy atom. The minimum atomic E-state index is -0.0829. The molecule has 2 aromatic carbocycles. The van der Waals surface area contributed by atoms with Crippen LogP contribution in [-0.4, -0.2) is 29.9 Å². The average molecular weight is 306 g/mol. The summed E-state index contributed by atoms with van der Waals surface area (Å²) in [6, 6.07) is 17.5. The summed E-state index contributed by atoms with van der Waals surface area (Å²) in [5.74, 6) is 0.758. The van der Waals surface area contributed by atoms with E-state index < -0.39 is 0 Å². The molecule has 0 saturated carbocycles. The molecule has 4 nitrogen and oxygen atoms in total. The van der Waals surface area contributed by atoms with Gasteiger partial charge in [0.05, 0.1) is 7.11 Å². The number of benzene rings is 2. The number of pyridine rings is 1. The molecule has 0 bridgehead atoms. The van der Waals surface area contributed by atoms with Crippen LogP contribution in [0.2, 0.25) is 0 Å². The van der Waals surface area contributed by atoms with Crippen molar-refractivity contribution in [3.05, 3.63) is 72.1 Å². The zero-order valence-electron chi connectivity index (χ0n) is 13.2. The Hall–Kier alpha value is -2.88. The molecule has 1 heterocycles. The van der Waals surface area contributed by atoms with Gasteiger partial charge in [-0.3, -0.25) is 9.78 Å². The zero-order chi connectivity index (χ0) is 16.2. The molecule has 0 N–H and O–H groups in total. The first kappa shape index (κ1) is 15.0.